The summed E-state index contributed by atoms with van der Waals surface area (Å²) >= 11 is 0. The first-order valence-corrected chi connectivity index (χ1v) is 6.04. The van der Waals surface area contributed by atoms with Crippen molar-refractivity contribution in [2.75, 3.05) is 12.8 Å². The molecule has 106 valence electrons. The Morgan fingerprint density at radius 1 is 1.45 bits per heavy atom. The van der Waals surface area contributed by atoms with E-state index in [9.17, 15) is 8.78 Å². The number of benzene rings is 1. The van der Waals surface area contributed by atoms with Gasteiger partial charge < -0.3 is 10.5 Å². The number of hydrogen-bond donors (Lipinski definition) is 1. The second kappa shape index (κ2) is 4.75. The van der Waals surface area contributed by atoms with Crippen molar-refractivity contribution in [2.24, 2.45) is 0 Å². The van der Waals surface area contributed by atoms with Crippen LogP contribution in [0.3, 0.4) is 0 Å². The molecule has 0 fully saturated rings. The molecule has 0 radical (unpaired) electrons. The number of nitrogen functional groups attached to an aromatic ring is 1. The smallest absolute Gasteiger partial charge is 0.387 e. The van der Waals surface area contributed by atoms with Gasteiger partial charge in [0.1, 0.15) is 0 Å². The summed E-state index contributed by atoms with van der Waals surface area (Å²) in [5.74, 6) is -0.236. The van der Waals surface area contributed by atoms with Gasteiger partial charge in [-0.2, -0.15) is 13.9 Å². The fourth-order valence-corrected chi connectivity index (χ4v) is 2.28. The van der Waals surface area contributed by atoms with Crippen LogP contribution >= 0.6 is 0 Å². The quantitative estimate of drug-likeness (QED) is 0.874. The van der Waals surface area contributed by atoms with Crippen molar-refractivity contribution in [1.82, 2.24) is 14.7 Å². The Labute approximate surface area is 115 Å². The zero-order valence-electron chi connectivity index (χ0n) is 11.8. The fourth-order valence-electron chi connectivity index (χ4n) is 2.28. The molecule has 2 N–H and O–H groups in total. The van der Waals surface area contributed by atoms with Gasteiger partial charge in [-0.05, 0) is 19.2 Å². The van der Waals surface area contributed by atoms with Gasteiger partial charge in [-0.15, -0.1) is 0 Å². The first-order valence-electron chi connectivity index (χ1n) is 6.54. The van der Waals surface area contributed by atoms with Crippen LogP contribution in [-0.4, -0.2) is 28.3 Å². The lowest BCUT2D eigenvalue weighted by molar-refractivity contribution is -0.0493. The topological polar surface area (TPSA) is 56.3 Å². The van der Waals surface area contributed by atoms with E-state index in [-0.39, 0.29) is 11.4 Å². The Hall–Kier alpha value is -2.15. The highest BCUT2D eigenvalue weighted by molar-refractivity contribution is 5.57. The van der Waals surface area contributed by atoms with Crippen LogP contribution in [0.2, 0.25) is 0 Å². The van der Waals surface area contributed by atoms with E-state index < -0.39 is 6.59 Å². The number of rotatable bonds is 3. The maximum atomic E-state index is 12.7. The van der Waals surface area contributed by atoms with Crippen molar-refractivity contribution < 1.29 is 14.9 Å². The third-order valence-corrected chi connectivity index (χ3v) is 3.19. The number of alkyl halides is 2. The lowest BCUT2D eigenvalue weighted by Gasteiger charge is -2.10. The Morgan fingerprint density at radius 3 is 2.95 bits per heavy atom. The van der Waals surface area contributed by atoms with E-state index in [4.69, 9.17) is 7.10 Å². The molecule has 1 aliphatic heterocycles. The van der Waals surface area contributed by atoms with E-state index in [1.807, 2.05) is 13.2 Å². The van der Waals surface area contributed by atoms with E-state index >= 15 is 0 Å². The average Bonchev–Trinajstić information content (AvgIpc) is 2.87. The zero-order chi connectivity index (χ0) is 15.2. The van der Waals surface area contributed by atoms with Crippen molar-refractivity contribution in [3.63, 3.8) is 0 Å². The molecule has 1 aromatic heterocycles. The minimum Gasteiger partial charge on any atom is -0.433 e. The van der Waals surface area contributed by atoms with Crippen LogP contribution in [0.25, 0.3) is 5.69 Å². The monoisotopic (exact) mass is 281 g/mol. The number of aromatic nitrogens is 2. The highest BCUT2D eigenvalue weighted by Crippen LogP contribution is 2.27. The number of nitrogens with two attached hydrogens (primary N) is 1. The molecular formula is C13H14F2N4O. The van der Waals surface area contributed by atoms with Crippen molar-refractivity contribution in [1.29, 1.82) is 0 Å². The lowest BCUT2D eigenvalue weighted by atomic mass is 10.2. The number of ether oxygens (including phenoxy) is 1. The van der Waals surface area contributed by atoms with Gasteiger partial charge >= 0.3 is 6.59 Å². The van der Waals surface area contributed by atoms with Crippen LogP contribution in [0.15, 0.2) is 24.4 Å². The standard InChI is InChI=1S/C13H14F2N4O/c1-18-5-8-6-19(17-11(8)7-18)9-2-3-10(16)12(4-9)20-13(14)15/h2-4,6,13H,5,7,16H2,1H3/i13D. The highest BCUT2D eigenvalue weighted by Gasteiger charge is 2.20. The summed E-state index contributed by atoms with van der Waals surface area (Å²) in [6.45, 7) is -2.47. The SMILES string of the molecule is [2H]C(F)(F)Oc1cc(-n2cc3c(n2)CN(C)C3)ccc1N. The van der Waals surface area contributed by atoms with E-state index in [0.29, 0.717) is 5.69 Å². The number of hydrogen-bond acceptors (Lipinski definition) is 4. The highest BCUT2D eigenvalue weighted by atomic mass is 19.3. The Bertz CT molecular complexity index is 660. The van der Waals surface area contributed by atoms with Gasteiger partial charge in [0.2, 0.25) is 0 Å². The molecule has 3 rings (SSSR count). The number of anilines is 1. The van der Waals surface area contributed by atoms with Crippen molar-refractivity contribution in [3.05, 3.63) is 35.7 Å². The Kier molecular flexibility index (Phi) is 2.77. The second-order valence-electron chi connectivity index (χ2n) is 4.77. The predicted octanol–water partition coefficient (Wildman–Crippen LogP) is 2.00. The number of nitrogens with zero attached hydrogens (tertiary/aromatic N) is 3. The Morgan fingerprint density at radius 2 is 2.25 bits per heavy atom. The molecular weight excluding hydrogens is 266 g/mol. The van der Waals surface area contributed by atoms with E-state index in [2.05, 4.69) is 14.7 Å². The maximum Gasteiger partial charge on any atom is 0.387 e. The molecule has 0 saturated carbocycles. The normalized spacial score (nSPS) is 16.1. The zero-order valence-corrected chi connectivity index (χ0v) is 10.8. The summed E-state index contributed by atoms with van der Waals surface area (Å²) in [6.07, 6.45) is 1.85. The minimum atomic E-state index is -4.03. The van der Waals surface area contributed by atoms with Crippen molar-refractivity contribution in [2.45, 2.75) is 19.7 Å². The molecule has 1 aliphatic rings. The third kappa shape index (κ3) is 2.32. The van der Waals surface area contributed by atoms with Crippen LogP contribution in [0.5, 0.6) is 5.75 Å². The second-order valence-corrected chi connectivity index (χ2v) is 4.77. The van der Waals surface area contributed by atoms with Crippen molar-refractivity contribution >= 4 is 5.69 Å². The molecule has 0 amide bonds. The average molecular weight is 281 g/mol. The Balaban J connectivity index is 1.93. The summed E-state index contributed by atoms with van der Waals surface area (Å²) in [4.78, 5) is 2.13. The van der Waals surface area contributed by atoms with E-state index in [1.165, 1.54) is 12.1 Å². The lowest BCUT2D eigenvalue weighted by Crippen LogP contribution is -2.10. The number of fused-ring (bicyclic) bond motifs is 1. The van der Waals surface area contributed by atoms with E-state index in [0.717, 1.165) is 24.3 Å². The van der Waals surface area contributed by atoms with Gasteiger partial charge in [-0.1, -0.05) is 0 Å². The van der Waals surface area contributed by atoms with Gasteiger partial charge in [0, 0.05) is 30.9 Å². The molecule has 20 heavy (non-hydrogen) atoms. The third-order valence-electron chi connectivity index (χ3n) is 3.19. The molecule has 2 aromatic rings. The molecule has 2 heterocycles. The largest absolute Gasteiger partial charge is 0.433 e. The van der Waals surface area contributed by atoms with Gasteiger partial charge in [0.05, 0.1) is 17.1 Å². The molecule has 1 aromatic carbocycles. The molecule has 0 saturated heterocycles. The first-order chi connectivity index (χ1) is 9.82. The van der Waals surface area contributed by atoms with Crippen LogP contribution < -0.4 is 10.5 Å². The molecule has 5 nitrogen and oxygen atoms in total. The summed E-state index contributed by atoms with van der Waals surface area (Å²) in [7, 11) is 2.00. The summed E-state index contributed by atoms with van der Waals surface area (Å²) < 4.78 is 37.7. The maximum absolute atomic E-state index is 12.7. The fraction of sp³-hybridized carbons (Fsp3) is 0.308. The van der Waals surface area contributed by atoms with Gasteiger partial charge in [-0.25, -0.2) is 4.68 Å². The molecule has 7 heteroatoms. The van der Waals surface area contributed by atoms with Crippen LogP contribution in [0.4, 0.5) is 14.5 Å². The summed E-state index contributed by atoms with van der Waals surface area (Å²) in [5.41, 5.74) is 8.25. The minimum absolute atomic E-state index is 0.0464. The first kappa shape index (κ1) is 11.7. The summed E-state index contributed by atoms with van der Waals surface area (Å²) in [6, 6.07) is 4.47. The van der Waals surface area contributed by atoms with Gasteiger partial charge in [-0.3, -0.25) is 4.90 Å². The molecule has 0 bridgehead atoms. The molecule has 0 atom stereocenters. The van der Waals surface area contributed by atoms with Crippen LogP contribution in [-0.2, 0) is 13.1 Å². The van der Waals surface area contributed by atoms with Gasteiger partial charge in [0.15, 0.2) is 7.12 Å². The molecule has 0 spiro atoms. The van der Waals surface area contributed by atoms with Crippen LogP contribution in [0, 0.1) is 0 Å². The van der Waals surface area contributed by atoms with Crippen molar-refractivity contribution in [3.8, 4) is 11.4 Å². The van der Waals surface area contributed by atoms with Gasteiger partial charge in [0.25, 0.3) is 0 Å². The molecule has 0 aliphatic carbocycles. The summed E-state index contributed by atoms with van der Waals surface area (Å²) in [5, 5.41) is 4.42. The number of halogens is 2. The predicted molar refractivity (Wildman–Crippen MR) is 69.8 cm³/mol. The van der Waals surface area contributed by atoms with E-state index in [1.54, 1.807) is 10.7 Å². The molecule has 0 unspecified atom stereocenters. The van der Waals surface area contributed by atoms with Crippen LogP contribution in [0.1, 0.15) is 12.6 Å².